The maximum Gasteiger partial charge on any atom is 0.325 e. The molecule has 16 heavy (non-hydrogen) atoms. The van der Waals surface area contributed by atoms with E-state index in [0.717, 1.165) is 5.75 Å². The molecule has 0 bridgehead atoms. The number of rotatable bonds is 5. The lowest BCUT2D eigenvalue weighted by atomic mass is 10.3. The van der Waals surface area contributed by atoms with E-state index in [1.807, 2.05) is 13.8 Å². The van der Waals surface area contributed by atoms with E-state index >= 15 is 0 Å². The highest BCUT2D eigenvalue weighted by atomic mass is 79.9. The van der Waals surface area contributed by atoms with Crippen LogP contribution in [-0.2, 0) is 4.79 Å². The van der Waals surface area contributed by atoms with E-state index in [1.54, 1.807) is 24.3 Å². The largest absolute Gasteiger partial charge is 0.494 e. The first-order valence-corrected chi connectivity index (χ1v) is 6.17. The molecule has 1 rings (SSSR count). The van der Waals surface area contributed by atoms with Gasteiger partial charge in [0.1, 0.15) is 16.3 Å². The van der Waals surface area contributed by atoms with Crippen LogP contribution in [0.2, 0.25) is 0 Å². The van der Waals surface area contributed by atoms with Gasteiger partial charge in [-0.3, -0.25) is 4.79 Å². The zero-order valence-electron chi connectivity index (χ0n) is 9.40. The van der Waals surface area contributed by atoms with E-state index in [1.165, 1.54) is 0 Å². The number of alkyl halides is 1. The van der Waals surface area contributed by atoms with Crippen LogP contribution >= 0.6 is 15.9 Å². The third kappa shape index (κ3) is 3.85. The van der Waals surface area contributed by atoms with Crippen molar-refractivity contribution in [1.29, 1.82) is 0 Å². The lowest BCUT2D eigenvalue weighted by Crippen LogP contribution is -2.19. The van der Waals surface area contributed by atoms with Crippen LogP contribution in [0.3, 0.4) is 0 Å². The maximum atomic E-state index is 11.5. The second-order valence-electron chi connectivity index (χ2n) is 3.20. The summed E-state index contributed by atoms with van der Waals surface area (Å²) in [5.41, 5.74) is 0. The van der Waals surface area contributed by atoms with Crippen molar-refractivity contribution in [2.45, 2.75) is 25.1 Å². The van der Waals surface area contributed by atoms with E-state index in [-0.39, 0.29) is 10.8 Å². The van der Waals surface area contributed by atoms with E-state index in [4.69, 9.17) is 9.47 Å². The predicted molar refractivity (Wildman–Crippen MR) is 66.3 cm³/mol. The van der Waals surface area contributed by atoms with Gasteiger partial charge in [0, 0.05) is 0 Å². The third-order valence-electron chi connectivity index (χ3n) is 1.97. The topological polar surface area (TPSA) is 35.5 Å². The number of esters is 1. The molecule has 0 saturated carbocycles. The first-order valence-electron chi connectivity index (χ1n) is 5.26. The van der Waals surface area contributed by atoms with Crippen LogP contribution in [0.4, 0.5) is 0 Å². The summed E-state index contributed by atoms with van der Waals surface area (Å²) in [6.45, 7) is 4.46. The van der Waals surface area contributed by atoms with Crippen LogP contribution in [0, 0.1) is 0 Å². The van der Waals surface area contributed by atoms with Crippen LogP contribution in [0.5, 0.6) is 11.5 Å². The number of hydrogen-bond donors (Lipinski definition) is 0. The molecule has 0 aliphatic carbocycles. The fraction of sp³-hybridized carbons (Fsp3) is 0.417. The molecule has 0 radical (unpaired) electrons. The van der Waals surface area contributed by atoms with Gasteiger partial charge in [0.05, 0.1) is 6.61 Å². The Bertz CT molecular complexity index is 335. The highest BCUT2D eigenvalue weighted by Crippen LogP contribution is 2.19. The standard InChI is InChI=1S/C12H15BrO3/c1-3-11(13)12(14)16-10-7-5-9(6-8-10)15-4-2/h5-8,11H,3-4H2,1-2H3/t11-/m1/s1. The summed E-state index contributed by atoms with van der Waals surface area (Å²) < 4.78 is 10.4. The summed E-state index contributed by atoms with van der Waals surface area (Å²) >= 11 is 3.24. The minimum atomic E-state index is -0.272. The fourth-order valence-corrected chi connectivity index (χ4v) is 1.21. The van der Waals surface area contributed by atoms with E-state index in [2.05, 4.69) is 15.9 Å². The molecule has 88 valence electrons. The monoisotopic (exact) mass is 286 g/mol. The number of halogens is 1. The highest BCUT2D eigenvalue weighted by molar-refractivity contribution is 9.10. The number of benzene rings is 1. The molecule has 0 fully saturated rings. The average molecular weight is 287 g/mol. The number of hydrogen-bond acceptors (Lipinski definition) is 3. The third-order valence-corrected chi connectivity index (χ3v) is 2.99. The second-order valence-corrected chi connectivity index (χ2v) is 4.31. The number of carbonyl (C=O) groups excluding carboxylic acids is 1. The average Bonchev–Trinajstić information content (AvgIpc) is 2.31. The molecule has 0 aliphatic heterocycles. The van der Waals surface area contributed by atoms with Crippen LogP contribution in [0.15, 0.2) is 24.3 Å². The lowest BCUT2D eigenvalue weighted by Gasteiger charge is -2.08. The molecular weight excluding hydrogens is 272 g/mol. The Hall–Kier alpha value is -1.03. The molecule has 1 atom stereocenters. The van der Waals surface area contributed by atoms with Crippen molar-refractivity contribution in [3.05, 3.63) is 24.3 Å². The zero-order chi connectivity index (χ0) is 12.0. The zero-order valence-corrected chi connectivity index (χ0v) is 11.0. The Kier molecular flexibility index (Phi) is 5.32. The van der Waals surface area contributed by atoms with Crippen molar-refractivity contribution >= 4 is 21.9 Å². The number of carbonyl (C=O) groups is 1. The number of ether oxygens (including phenoxy) is 2. The summed E-state index contributed by atoms with van der Waals surface area (Å²) in [5, 5.41) is 0. The van der Waals surface area contributed by atoms with Crippen LogP contribution in [0.1, 0.15) is 20.3 Å². The van der Waals surface area contributed by atoms with Crippen LogP contribution in [-0.4, -0.2) is 17.4 Å². The first-order chi connectivity index (χ1) is 7.67. The molecule has 0 aliphatic rings. The lowest BCUT2D eigenvalue weighted by molar-refractivity contribution is -0.133. The van der Waals surface area contributed by atoms with Crippen molar-refractivity contribution in [2.75, 3.05) is 6.61 Å². The summed E-state index contributed by atoms with van der Waals surface area (Å²) in [6, 6.07) is 7.00. The molecular formula is C12H15BrO3. The molecule has 4 heteroatoms. The van der Waals surface area contributed by atoms with Crippen LogP contribution < -0.4 is 9.47 Å². The molecule has 0 N–H and O–H groups in total. The molecule has 0 amide bonds. The highest BCUT2D eigenvalue weighted by Gasteiger charge is 2.14. The van der Waals surface area contributed by atoms with Crippen molar-refractivity contribution in [2.24, 2.45) is 0 Å². The molecule has 0 spiro atoms. The first kappa shape index (κ1) is 13.0. The summed E-state index contributed by atoms with van der Waals surface area (Å²) in [6.07, 6.45) is 0.704. The van der Waals surface area contributed by atoms with Gasteiger partial charge in [0.25, 0.3) is 0 Å². The summed E-state index contributed by atoms with van der Waals surface area (Å²) in [4.78, 5) is 11.2. The van der Waals surface area contributed by atoms with Gasteiger partial charge in [-0.1, -0.05) is 22.9 Å². The van der Waals surface area contributed by atoms with Gasteiger partial charge in [-0.25, -0.2) is 0 Å². The normalized spacial score (nSPS) is 11.9. The minimum Gasteiger partial charge on any atom is -0.494 e. The quantitative estimate of drug-likeness (QED) is 0.474. The Balaban J connectivity index is 2.58. The van der Waals surface area contributed by atoms with E-state index in [9.17, 15) is 4.79 Å². The smallest absolute Gasteiger partial charge is 0.325 e. The van der Waals surface area contributed by atoms with Gasteiger partial charge in [-0.2, -0.15) is 0 Å². The Morgan fingerprint density at radius 1 is 1.25 bits per heavy atom. The van der Waals surface area contributed by atoms with E-state index < -0.39 is 0 Å². The molecule has 1 aromatic rings. The molecule has 0 heterocycles. The summed E-state index contributed by atoms with van der Waals surface area (Å²) in [5.74, 6) is 1.03. The summed E-state index contributed by atoms with van der Waals surface area (Å²) in [7, 11) is 0. The molecule has 0 aromatic heterocycles. The van der Waals surface area contributed by atoms with Crippen molar-refractivity contribution in [1.82, 2.24) is 0 Å². The Morgan fingerprint density at radius 2 is 1.81 bits per heavy atom. The minimum absolute atomic E-state index is 0.251. The predicted octanol–water partition coefficient (Wildman–Crippen LogP) is 3.16. The van der Waals surface area contributed by atoms with Crippen LogP contribution in [0.25, 0.3) is 0 Å². The molecule has 3 nitrogen and oxygen atoms in total. The van der Waals surface area contributed by atoms with Crippen molar-refractivity contribution < 1.29 is 14.3 Å². The Morgan fingerprint density at radius 3 is 2.31 bits per heavy atom. The molecule has 1 aromatic carbocycles. The second kappa shape index (κ2) is 6.53. The molecule has 0 saturated heterocycles. The Labute approximate surface area is 104 Å². The van der Waals surface area contributed by atoms with Gasteiger partial charge >= 0.3 is 5.97 Å². The molecule has 0 unspecified atom stereocenters. The van der Waals surface area contributed by atoms with Gasteiger partial charge in [0.15, 0.2) is 0 Å². The fourth-order valence-electron chi connectivity index (χ4n) is 1.12. The van der Waals surface area contributed by atoms with Gasteiger partial charge in [-0.15, -0.1) is 0 Å². The van der Waals surface area contributed by atoms with Crippen molar-refractivity contribution in [3.8, 4) is 11.5 Å². The van der Waals surface area contributed by atoms with Gasteiger partial charge in [0.2, 0.25) is 0 Å². The van der Waals surface area contributed by atoms with E-state index in [0.29, 0.717) is 18.8 Å². The SMILES string of the molecule is CCOc1ccc(OC(=O)[C@H](Br)CC)cc1. The van der Waals surface area contributed by atoms with Gasteiger partial charge in [-0.05, 0) is 37.6 Å². The maximum absolute atomic E-state index is 11.5. The van der Waals surface area contributed by atoms with Crippen molar-refractivity contribution in [3.63, 3.8) is 0 Å². The van der Waals surface area contributed by atoms with Gasteiger partial charge < -0.3 is 9.47 Å².